The zero-order chi connectivity index (χ0) is 18.5. The van der Waals surface area contributed by atoms with Crippen molar-refractivity contribution in [2.24, 2.45) is 45.4 Å². The molecule has 0 spiro atoms. The predicted molar refractivity (Wildman–Crippen MR) is 99.6 cm³/mol. The van der Waals surface area contributed by atoms with Crippen molar-refractivity contribution in [3.05, 3.63) is 0 Å². The third-order valence-corrected chi connectivity index (χ3v) is 8.41. The molecule has 6 atom stereocenters. The van der Waals surface area contributed by atoms with Crippen LogP contribution in [0.15, 0.2) is 5.16 Å². The molecule has 0 aromatic heterocycles. The molecule has 0 amide bonds. The van der Waals surface area contributed by atoms with Crippen molar-refractivity contribution in [1.82, 2.24) is 0 Å². The molecule has 26 heavy (non-hydrogen) atoms. The smallest absolute Gasteiger partial charge is 0.139 e. The first kappa shape index (κ1) is 18.1. The van der Waals surface area contributed by atoms with Crippen molar-refractivity contribution in [3.8, 4) is 0 Å². The molecule has 4 saturated carbocycles. The van der Waals surface area contributed by atoms with E-state index in [-0.39, 0.29) is 16.7 Å². The standard InChI is InChI=1S/C21H32N2O3/c1-20-7-5-13(23-26-10-9-22)11-17(20)18(24)12-14-15-3-4-19(25)21(15,2)8-6-16(14)20/h14-17H,3-12,22H2,1-2H3/b23-13+/t14-,15-,16-,17+,20+,21-/m0/s1. The summed E-state index contributed by atoms with van der Waals surface area (Å²) in [6.45, 7) is 5.39. The Morgan fingerprint density at radius 2 is 1.92 bits per heavy atom. The molecule has 0 aromatic rings. The number of oxime groups is 1. The van der Waals surface area contributed by atoms with Gasteiger partial charge >= 0.3 is 0 Å². The largest absolute Gasteiger partial charge is 0.395 e. The van der Waals surface area contributed by atoms with Crippen molar-refractivity contribution in [1.29, 1.82) is 0 Å². The Hall–Kier alpha value is -1.23. The Labute approximate surface area is 156 Å². The van der Waals surface area contributed by atoms with Crippen LogP contribution in [0.25, 0.3) is 0 Å². The van der Waals surface area contributed by atoms with E-state index in [0.717, 1.165) is 44.2 Å². The van der Waals surface area contributed by atoms with E-state index in [1.54, 1.807) is 0 Å². The van der Waals surface area contributed by atoms with E-state index in [1.807, 2.05) is 0 Å². The Morgan fingerprint density at radius 1 is 1.12 bits per heavy atom. The van der Waals surface area contributed by atoms with Crippen LogP contribution in [0, 0.1) is 34.5 Å². The molecule has 0 aromatic carbocycles. The maximum absolute atomic E-state index is 13.1. The van der Waals surface area contributed by atoms with Crippen molar-refractivity contribution in [2.75, 3.05) is 13.2 Å². The van der Waals surface area contributed by atoms with Crippen molar-refractivity contribution in [2.45, 2.75) is 65.2 Å². The SMILES string of the molecule is C[C@]12CC/C(=N\OCCN)C[C@@H]1C(=O)C[C@@H]1[C@@H]2CC[C@]2(C)C(=O)CC[C@@H]12. The first-order valence-electron chi connectivity index (χ1n) is 10.3. The lowest BCUT2D eigenvalue weighted by atomic mass is 9.45. The summed E-state index contributed by atoms with van der Waals surface area (Å²) in [6, 6.07) is 0. The molecular weight excluding hydrogens is 328 g/mol. The fourth-order valence-electron chi connectivity index (χ4n) is 6.89. The molecule has 4 aliphatic carbocycles. The second-order valence-corrected chi connectivity index (χ2v) is 9.51. The maximum Gasteiger partial charge on any atom is 0.139 e. The lowest BCUT2D eigenvalue weighted by Gasteiger charge is -2.58. The van der Waals surface area contributed by atoms with E-state index in [9.17, 15) is 9.59 Å². The molecule has 4 aliphatic rings. The molecule has 144 valence electrons. The normalized spacial score (nSPS) is 46.7. The van der Waals surface area contributed by atoms with Crippen LogP contribution in [0.4, 0.5) is 0 Å². The molecule has 0 heterocycles. The Kier molecular flexibility index (Phi) is 4.49. The number of nitrogens with two attached hydrogens (primary N) is 1. The summed E-state index contributed by atoms with van der Waals surface area (Å²) in [6.07, 6.45) is 7.13. The van der Waals surface area contributed by atoms with E-state index in [0.29, 0.717) is 55.3 Å². The maximum atomic E-state index is 13.1. The second kappa shape index (κ2) is 6.43. The number of carbonyl (C=O) groups is 2. The van der Waals surface area contributed by atoms with Gasteiger partial charge in [0.1, 0.15) is 18.2 Å². The van der Waals surface area contributed by atoms with Crippen LogP contribution >= 0.6 is 0 Å². The third-order valence-electron chi connectivity index (χ3n) is 8.41. The summed E-state index contributed by atoms with van der Waals surface area (Å²) in [5, 5.41) is 4.25. The number of hydrogen-bond acceptors (Lipinski definition) is 5. The van der Waals surface area contributed by atoms with Gasteiger partial charge in [-0.3, -0.25) is 9.59 Å². The lowest BCUT2D eigenvalue weighted by molar-refractivity contribution is -0.152. The zero-order valence-corrected chi connectivity index (χ0v) is 16.1. The van der Waals surface area contributed by atoms with Gasteiger partial charge in [0.15, 0.2) is 0 Å². The van der Waals surface area contributed by atoms with Gasteiger partial charge in [-0.1, -0.05) is 19.0 Å². The Bertz CT molecular complexity index is 645. The van der Waals surface area contributed by atoms with Crippen molar-refractivity contribution < 1.29 is 14.4 Å². The van der Waals surface area contributed by atoms with Crippen LogP contribution in [0.2, 0.25) is 0 Å². The molecule has 0 saturated heterocycles. The van der Waals surface area contributed by atoms with Gasteiger partial charge in [-0.15, -0.1) is 0 Å². The minimum absolute atomic E-state index is 0.0554. The highest BCUT2D eigenvalue weighted by Crippen LogP contribution is 2.64. The summed E-state index contributed by atoms with van der Waals surface area (Å²) in [7, 11) is 0. The van der Waals surface area contributed by atoms with Gasteiger partial charge in [-0.25, -0.2) is 0 Å². The number of rotatable bonds is 3. The van der Waals surface area contributed by atoms with Crippen LogP contribution in [0.5, 0.6) is 0 Å². The van der Waals surface area contributed by atoms with Gasteiger partial charge in [-0.05, 0) is 61.7 Å². The second-order valence-electron chi connectivity index (χ2n) is 9.51. The molecule has 5 heteroatoms. The molecule has 2 N–H and O–H groups in total. The third kappa shape index (κ3) is 2.57. The predicted octanol–water partition coefficient (Wildman–Crippen LogP) is 3.11. The van der Waals surface area contributed by atoms with Crippen molar-refractivity contribution >= 4 is 17.3 Å². The van der Waals surface area contributed by atoms with Crippen LogP contribution in [0.1, 0.15) is 65.2 Å². The minimum atomic E-state index is -0.165. The monoisotopic (exact) mass is 360 g/mol. The summed E-state index contributed by atoms with van der Waals surface area (Å²) in [5.41, 5.74) is 6.37. The van der Waals surface area contributed by atoms with E-state index in [4.69, 9.17) is 10.6 Å². The molecule has 4 fully saturated rings. The quantitative estimate of drug-likeness (QED) is 0.619. The molecule has 4 rings (SSSR count). The van der Waals surface area contributed by atoms with E-state index >= 15 is 0 Å². The van der Waals surface area contributed by atoms with Gasteiger partial charge in [0.25, 0.3) is 0 Å². The van der Waals surface area contributed by atoms with Crippen LogP contribution < -0.4 is 5.73 Å². The van der Waals surface area contributed by atoms with E-state index in [2.05, 4.69) is 19.0 Å². The number of carbonyl (C=O) groups excluding carboxylic acids is 2. The number of fused-ring (bicyclic) bond motifs is 5. The molecule has 0 unspecified atom stereocenters. The highest BCUT2D eigenvalue weighted by Gasteiger charge is 2.62. The summed E-state index contributed by atoms with van der Waals surface area (Å²) in [5.74, 6) is 2.29. The van der Waals surface area contributed by atoms with E-state index < -0.39 is 0 Å². The van der Waals surface area contributed by atoms with Gasteiger partial charge in [0, 0.05) is 30.7 Å². The van der Waals surface area contributed by atoms with Gasteiger partial charge < -0.3 is 10.6 Å². The molecule has 0 radical (unpaired) electrons. The van der Waals surface area contributed by atoms with Crippen molar-refractivity contribution in [3.63, 3.8) is 0 Å². The number of ketones is 2. The Morgan fingerprint density at radius 3 is 2.69 bits per heavy atom. The fraction of sp³-hybridized carbons (Fsp3) is 0.857. The summed E-state index contributed by atoms with van der Waals surface area (Å²) >= 11 is 0. The van der Waals surface area contributed by atoms with Crippen LogP contribution in [0.3, 0.4) is 0 Å². The fourth-order valence-corrected chi connectivity index (χ4v) is 6.89. The summed E-state index contributed by atoms with van der Waals surface area (Å²) in [4.78, 5) is 30.9. The highest BCUT2D eigenvalue weighted by molar-refractivity contribution is 5.93. The van der Waals surface area contributed by atoms with E-state index in [1.165, 1.54) is 0 Å². The van der Waals surface area contributed by atoms with Crippen LogP contribution in [-0.2, 0) is 14.4 Å². The average molecular weight is 360 g/mol. The highest BCUT2D eigenvalue weighted by atomic mass is 16.6. The minimum Gasteiger partial charge on any atom is -0.395 e. The first-order valence-corrected chi connectivity index (χ1v) is 10.3. The lowest BCUT2D eigenvalue weighted by Crippen LogP contribution is -2.56. The molecule has 0 bridgehead atoms. The molecule has 5 nitrogen and oxygen atoms in total. The molecular formula is C21H32N2O3. The average Bonchev–Trinajstić information content (AvgIpc) is 2.92. The zero-order valence-electron chi connectivity index (χ0n) is 16.1. The topological polar surface area (TPSA) is 81.8 Å². The van der Waals surface area contributed by atoms with Gasteiger partial charge in [-0.2, -0.15) is 0 Å². The van der Waals surface area contributed by atoms with Gasteiger partial charge in [0.2, 0.25) is 0 Å². The first-order chi connectivity index (χ1) is 12.4. The molecule has 0 aliphatic heterocycles. The van der Waals surface area contributed by atoms with Gasteiger partial charge in [0.05, 0.1) is 5.71 Å². The number of Topliss-reactive ketones (excluding diaryl/α,β-unsaturated/α-hetero) is 2. The summed E-state index contributed by atoms with van der Waals surface area (Å²) < 4.78 is 0. The Balaban J connectivity index is 1.57. The number of nitrogens with zero attached hydrogens (tertiary/aromatic N) is 1. The number of hydrogen-bond donors (Lipinski definition) is 1. The van der Waals surface area contributed by atoms with Crippen LogP contribution in [-0.4, -0.2) is 30.4 Å².